The van der Waals surface area contributed by atoms with E-state index >= 15 is 0 Å². The molecule has 0 saturated carbocycles. The van der Waals surface area contributed by atoms with Gasteiger partial charge in [-0.05, 0) is 29.7 Å². The Balaban J connectivity index is 2.06. The number of aliphatic hydroxyl groups is 1. The number of carbonyl (C=O) groups is 2. The number of nitrogens with zero attached hydrogens (tertiary/aromatic N) is 2. The van der Waals surface area contributed by atoms with E-state index in [1.807, 2.05) is 13.8 Å². The summed E-state index contributed by atoms with van der Waals surface area (Å²) in [4.78, 5) is 31.1. The smallest absolute Gasteiger partial charge is 0.295 e. The predicted octanol–water partition coefficient (Wildman–Crippen LogP) is 3.18. The third kappa shape index (κ3) is 4.52. The van der Waals surface area contributed by atoms with Crippen molar-refractivity contribution in [1.29, 1.82) is 0 Å². The highest BCUT2D eigenvalue weighted by atomic mass is 16.5. The van der Waals surface area contributed by atoms with Crippen LogP contribution in [0.5, 0.6) is 5.75 Å². The van der Waals surface area contributed by atoms with Crippen molar-refractivity contribution in [3.63, 3.8) is 0 Å². The predicted molar refractivity (Wildman–Crippen MR) is 112 cm³/mol. The maximum absolute atomic E-state index is 12.9. The van der Waals surface area contributed by atoms with Crippen molar-refractivity contribution in [3.8, 4) is 5.75 Å². The molecule has 1 amide bonds. The van der Waals surface area contributed by atoms with Crippen molar-refractivity contribution < 1.29 is 24.2 Å². The molecule has 7 heteroatoms. The average Bonchev–Trinajstić information content (AvgIpc) is 3.01. The maximum atomic E-state index is 12.9. The Labute approximate surface area is 175 Å². The minimum Gasteiger partial charge on any atom is -0.507 e. The number of aliphatic hydroxyl groups excluding tert-OH is 1. The first-order valence-electron chi connectivity index (χ1n) is 9.84. The van der Waals surface area contributed by atoms with Gasteiger partial charge >= 0.3 is 0 Å². The van der Waals surface area contributed by atoms with E-state index in [1.54, 1.807) is 48.8 Å². The lowest BCUT2D eigenvalue weighted by atomic mass is 9.96. The molecule has 1 aromatic heterocycles. The van der Waals surface area contributed by atoms with Crippen LogP contribution in [0.4, 0.5) is 0 Å². The third-order valence-electron chi connectivity index (χ3n) is 4.77. The number of amides is 1. The third-order valence-corrected chi connectivity index (χ3v) is 4.77. The number of hydrogen-bond acceptors (Lipinski definition) is 6. The number of Topliss-reactive ketones (excluding diaryl/α,β-unsaturated/α-hetero) is 1. The number of ketones is 1. The summed E-state index contributed by atoms with van der Waals surface area (Å²) in [6.07, 6.45) is 3.20. The highest BCUT2D eigenvalue weighted by molar-refractivity contribution is 6.46. The van der Waals surface area contributed by atoms with E-state index in [0.717, 1.165) is 0 Å². The van der Waals surface area contributed by atoms with Gasteiger partial charge in [0.2, 0.25) is 0 Å². The molecular formula is C23H26N2O5. The molecule has 0 aliphatic carbocycles. The molecule has 1 aliphatic rings. The Kier molecular flexibility index (Phi) is 6.84. The molecule has 3 rings (SSSR count). The average molecular weight is 410 g/mol. The van der Waals surface area contributed by atoms with E-state index in [4.69, 9.17) is 9.47 Å². The van der Waals surface area contributed by atoms with E-state index in [1.165, 1.54) is 12.0 Å². The van der Waals surface area contributed by atoms with Crippen molar-refractivity contribution >= 4 is 17.4 Å². The second-order valence-electron chi connectivity index (χ2n) is 7.50. The van der Waals surface area contributed by atoms with Crippen molar-refractivity contribution in [3.05, 3.63) is 65.5 Å². The largest absolute Gasteiger partial charge is 0.507 e. The lowest BCUT2D eigenvalue weighted by Crippen LogP contribution is -2.32. The normalized spacial score (nSPS) is 18.3. The molecule has 2 aromatic rings. The molecule has 0 spiro atoms. The molecule has 1 aliphatic heterocycles. The van der Waals surface area contributed by atoms with Crippen LogP contribution in [-0.4, -0.2) is 53.5 Å². The summed E-state index contributed by atoms with van der Waals surface area (Å²) in [5.41, 5.74) is 1.08. The Bertz CT molecular complexity index is 940. The molecule has 1 unspecified atom stereocenters. The minimum absolute atomic E-state index is 0.0325. The zero-order chi connectivity index (χ0) is 21.7. The van der Waals surface area contributed by atoms with Gasteiger partial charge in [-0.3, -0.25) is 14.6 Å². The minimum atomic E-state index is -0.742. The number of methoxy groups -OCH3 is 1. The Morgan fingerprint density at radius 2 is 2.03 bits per heavy atom. The summed E-state index contributed by atoms with van der Waals surface area (Å²) < 4.78 is 10.8. The number of likely N-dealkylation sites (tertiary alicyclic amines) is 1. The summed E-state index contributed by atoms with van der Waals surface area (Å²) in [6, 6.07) is 9.64. The Morgan fingerprint density at radius 1 is 1.23 bits per heavy atom. The van der Waals surface area contributed by atoms with Crippen molar-refractivity contribution in [2.75, 3.05) is 26.9 Å². The molecule has 2 heterocycles. The van der Waals surface area contributed by atoms with E-state index in [9.17, 15) is 14.7 Å². The first-order chi connectivity index (χ1) is 14.4. The molecule has 1 N–H and O–H groups in total. The highest BCUT2D eigenvalue weighted by Gasteiger charge is 2.46. The first-order valence-corrected chi connectivity index (χ1v) is 9.84. The van der Waals surface area contributed by atoms with Gasteiger partial charge in [-0.25, -0.2) is 0 Å². The Morgan fingerprint density at radius 3 is 2.70 bits per heavy atom. The lowest BCUT2D eigenvalue weighted by molar-refractivity contribution is -0.140. The molecule has 1 saturated heterocycles. The summed E-state index contributed by atoms with van der Waals surface area (Å²) in [5, 5.41) is 11.1. The molecule has 1 atom stereocenters. The SMILES string of the molecule is COCCN1C(=O)C(=O)/C(=C(\O)c2cccc(OCC(C)C)c2)C1c1cccnc1. The van der Waals surface area contributed by atoms with Crippen LogP contribution in [0.1, 0.15) is 31.0 Å². The van der Waals surface area contributed by atoms with E-state index in [0.29, 0.717) is 29.4 Å². The van der Waals surface area contributed by atoms with Crippen LogP contribution in [0.3, 0.4) is 0 Å². The van der Waals surface area contributed by atoms with Gasteiger partial charge in [-0.2, -0.15) is 0 Å². The molecule has 1 fully saturated rings. The Hall–Kier alpha value is -3.19. The zero-order valence-corrected chi connectivity index (χ0v) is 17.4. The molecule has 1 aromatic carbocycles. The second kappa shape index (κ2) is 9.54. The van der Waals surface area contributed by atoms with Crippen LogP contribution in [0.25, 0.3) is 5.76 Å². The van der Waals surface area contributed by atoms with Gasteiger partial charge in [0.05, 0.1) is 24.8 Å². The fourth-order valence-corrected chi connectivity index (χ4v) is 3.34. The summed E-state index contributed by atoms with van der Waals surface area (Å²) in [5.74, 6) is -0.712. The van der Waals surface area contributed by atoms with E-state index in [2.05, 4.69) is 4.98 Å². The van der Waals surface area contributed by atoms with E-state index in [-0.39, 0.29) is 24.5 Å². The quantitative estimate of drug-likeness (QED) is 0.408. The summed E-state index contributed by atoms with van der Waals surface area (Å²) >= 11 is 0. The summed E-state index contributed by atoms with van der Waals surface area (Å²) in [7, 11) is 1.53. The number of aromatic nitrogens is 1. The van der Waals surface area contributed by atoms with Crippen LogP contribution in [0, 0.1) is 5.92 Å². The van der Waals surface area contributed by atoms with Gasteiger partial charge in [0.25, 0.3) is 11.7 Å². The second-order valence-corrected chi connectivity index (χ2v) is 7.50. The fraction of sp³-hybridized carbons (Fsp3) is 0.348. The van der Waals surface area contributed by atoms with Gasteiger partial charge in [-0.1, -0.05) is 32.0 Å². The van der Waals surface area contributed by atoms with Crippen molar-refractivity contribution in [2.45, 2.75) is 19.9 Å². The van der Waals surface area contributed by atoms with Crippen molar-refractivity contribution in [2.24, 2.45) is 5.92 Å². The summed E-state index contributed by atoms with van der Waals surface area (Å²) in [6.45, 7) is 5.09. The van der Waals surface area contributed by atoms with Crippen LogP contribution >= 0.6 is 0 Å². The topological polar surface area (TPSA) is 89.0 Å². The molecule has 0 radical (unpaired) electrons. The van der Waals surface area contributed by atoms with Gasteiger partial charge in [0.15, 0.2) is 0 Å². The van der Waals surface area contributed by atoms with Crippen LogP contribution < -0.4 is 4.74 Å². The van der Waals surface area contributed by atoms with Gasteiger partial charge in [-0.15, -0.1) is 0 Å². The van der Waals surface area contributed by atoms with E-state index < -0.39 is 17.7 Å². The monoisotopic (exact) mass is 410 g/mol. The number of benzene rings is 1. The number of carbonyl (C=O) groups excluding carboxylic acids is 2. The number of rotatable bonds is 8. The fourth-order valence-electron chi connectivity index (χ4n) is 3.34. The molecular weight excluding hydrogens is 384 g/mol. The maximum Gasteiger partial charge on any atom is 0.295 e. The molecule has 7 nitrogen and oxygen atoms in total. The standard InChI is InChI=1S/C23H26N2O5/c1-15(2)14-30-18-8-4-6-16(12-18)21(26)19-20(17-7-5-9-24-13-17)25(10-11-29-3)23(28)22(19)27/h4-9,12-13,15,20,26H,10-11,14H2,1-3H3/b21-19-. The molecule has 0 bridgehead atoms. The van der Waals surface area contributed by atoms with Crippen molar-refractivity contribution in [1.82, 2.24) is 9.88 Å². The lowest BCUT2D eigenvalue weighted by Gasteiger charge is -2.24. The number of pyridine rings is 1. The highest BCUT2D eigenvalue weighted by Crippen LogP contribution is 2.39. The van der Waals surface area contributed by atoms with Crippen LogP contribution in [0.2, 0.25) is 0 Å². The van der Waals surface area contributed by atoms with Crippen LogP contribution in [0.15, 0.2) is 54.4 Å². The molecule has 158 valence electrons. The van der Waals surface area contributed by atoms with Crippen LogP contribution in [-0.2, 0) is 14.3 Å². The van der Waals surface area contributed by atoms with Gasteiger partial charge < -0.3 is 19.5 Å². The first kappa shape index (κ1) is 21.5. The zero-order valence-electron chi connectivity index (χ0n) is 17.4. The molecule has 30 heavy (non-hydrogen) atoms. The van der Waals surface area contributed by atoms with Gasteiger partial charge in [0.1, 0.15) is 11.5 Å². The van der Waals surface area contributed by atoms with Gasteiger partial charge in [0, 0.05) is 31.6 Å². The number of ether oxygens (including phenoxy) is 2. The number of hydrogen-bond donors (Lipinski definition) is 1.